The van der Waals surface area contributed by atoms with Gasteiger partial charge in [0.2, 0.25) is 17.7 Å². The minimum atomic E-state index is -1.01. The lowest BCUT2D eigenvalue weighted by Crippen LogP contribution is -2.41. The highest BCUT2D eigenvalue weighted by Gasteiger charge is 2.14. The van der Waals surface area contributed by atoms with Crippen LogP contribution in [0.15, 0.2) is 0 Å². The van der Waals surface area contributed by atoms with Crippen molar-refractivity contribution in [2.24, 2.45) is 5.84 Å². The summed E-state index contributed by atoms with van der Waals surface area (Å²) in [4.78, 5) is 57.0. The number of ether oxygens (including phenoxy) is 4. The zero-order chi connectivity index (χ0) is 39.7. The maximum atomic E-state index is 12.0. The number of hydrogen-bond donors (Lipinski definition) is 7. The van der Waals surface area contributed by atoms with Crippen molar-refractivity contribution in [1.82, 2.24) is 21.4 Å². The number of aliphatic carboxylic acids is 2. The molecule has 0 aromatic heterocycles. The minimum Gasteiger partial charge on any atom is -0.481 e. The van der Waals surface area contributed by atoms with E-state index in [2.05, 4.69) is 21.4 Å². The van der Waals surface area contributed by atoms with Crippen LogP contribution in [-0.4, -0.2) is 118 Å². The molecule has 0 radical (unpaired) electrons. The van der Waals surface area contributed by atoms with Crippen LogP contribution in [0.3, 0.4) is 0 Å². The molecule has 0 aliphatic heterocycles. The number of rotatable bonds is 42. The smallest absolute Gasteiger partial charge is 0.322 e. The minimum absolute atomic E-state index is 0.0452. The Morgan fingerprint density at radius 1 is 0.444 bits per heavy atom. The summed E-state index contributed by atoms with van der Waals surface area (Å²) >= 11 is 0. The maximum absolute atomic E-state index is 12.0. The van der Waals surface area contributed by atoms with E-state index in [0.29, 0.717) is 65.0 Å². The Kier molecular flexibility index (Phi) is 37.7. The predicted molar refractivity (Wildman–Crippen MR) is 206 cm³/mol. The van der Waals surface area contributed by atoms with Crippen LogP contribution >= 0.6 is 0 Å². The molecule has 0 aliphatic carbocycles. The number of hydrogen-bond acceptors (Lipinski definition) is 11. The van der Waals surface area contributed by atoms with Crippen LogP contribution in [-0.2, 0) is 42.9 Å². The fraction of sp³-hybridized carbons (Fsp3) is 0.868. The number of nitrogens with one attached hydrogen (secondary N) is 4. The van der Waals surface area contributed by atoms with E-state index in [9.17, 15) is 24.0 Å². The molecule has 8 N–H and O–H groups in total. The lowest BCUT2D eigenvalue weighted by Gasteiger charge is -2.11. The number of carbonyl (C=O) groups is 5. The summed E-state index contributed by atoms with van der Waals surface area (Å²) in [6, 6.07) is -0.799. The Morgan fingerprint density at radius 3 is 1.26 bits per heavy atom. The molecule has 0 aliphatic rings. The summed E-state index contributed by atoms with van der Waals surface area (Å²) in [5.74, 6) is 2.98. The van der Waals surface area contributed by atoms with Crippen molar-refractivity contribution in [2.45, 2.75) is 141 Å². The first kappa shape index (κ1) is 51.1. The van der Waals surface area contributed by atoms with Crippen LogP contribution in [0.5, 0.6) is 0 Å². The molecule has 0 unspecified atom stereocenters. The van der Waals surface area contributed by atoms with Gasteiger partial charge < -0.3 is 45.1 Å². The van der Waals surface area contributed by atoms with Crippen molar-refractivity contribution >= 4 is 29.7 Å². The molecule has 3 amide bonds. The van der Waals surface area contributed by atoms with E-state index >= 15 is 0 Å². The van der Waals surface area contributed by atoms with Crippen molar-refractivity contribution in [1.29, 1.82) is 0 Å². The molecule has 0 rings (SSSR count). The predicted octanol–water partition coefficient (Wildman–Crippen LogP) is 3.59. The van der Waals surface area contributed by atoms with Crippen molar-refractivity contribution in [3.8, 4) is 0 Å². The quantitative estimate of drug-likeness (QED) is 0.0267. The monoisotopic (exact) mass is 776 g/mol. The van der Waals surface area contributed by atoms with Gasteiger partial charge >= 0.3 is 11.9 Å². The van der Waals surface area contributed by atoms with E-state index < -0.39 is 18.0 Å². The Morgan fingerprint density at radius 2 is 0.833 bits per heavy atom. The average molecular weight is 776 g/mol. The molecule has 316 valence electrons. The molecule has 0 spiro atoms. The number of hydrazine groups is 1. The van der Waals surface area contributed by atoms with Crippen LogP contribution in [0, 0.1) is 0 Å². The fourth-order valence-electron chi connectivity index (χ4n) is 5.50. The normalized spacial score (nSPS) is 11.6. The van der Waals surface area contributed by atoms with Gasteiger partial charge in [0.05, 0.1) is 39.6 Å². The first-order valence-electron chi connectivity index (χ1n) is 20.3. The summed E-state index contributed by atoms with van der Waals surface area (Å²) in [7, 11) is 0. The summed E-state index contributed by atoms with van der Waals surface area (Å²) in [5, 5.41) is 25.8. The SMILES string of the molecule is NN[C@@H](CCCCNC(=O)COCCOCCNC(=O)COCCOCCNC(=O)CCCCCCCCCCCCCCCCCCC(=O)O)C(=O)O. The van der Waals surface area contributed by atoms with Crippen molar-refractivity contribution in [2.75, 3.05) is 72.5 Å². The summed E-state index contributed by atoms with van der Waals surface area (Å²) in [6.45, 7) is 2.72. The highest BCUT2D eigenvalue weighted by atomic mass is 16.5. The second-order valence-electron chi connectivity index (χ2n) is 13.5. The van der Waals surface area contributed by atoms with E-state index in [1.54, 1.807) is 0 Å². The molecule has 0 saturated heterocycles. The third-order valence-electron chi connectivity index (χ3n) is 8.63. The molecule has 0 heterocycles. The Hall–Kier alpha value is -2.89. The number of amides is 3. The van der Waals surface area contributed by atoms with E-state index in [1.165, 1.54) is 70.6 Å². The largest absolute Gasteiger partial charge is 0.481 e. The topological polar surface area (TPSA) is 237 Å². The molecule has 1 atom stereocenters. The van der Waals surface area contributed by atoms with Gasteiger partial charge in [-0.05, 0) is 32.1 Å². The first-order valence-corrected chi connectivity index (χ1v) is 20.3. The summed E-state index contributed by atoms with van der Waals surface area (Å²) in [6.07, 6.45) is 21.4. The van der Waals surface area contributed by atoms with E-state index in [-0.39, 0.29) is 57.4 Å². The Labute approximate surface area is 323 Å². The highest BCUT2D eigenvalue weighted by molar-refractivity contribution is 5.77. The molecule has 0 fully saturated rings. The zero-order valence-electron chi connectivity index (χ0n) is 32.9. The van der Waals surface area contributed by atoms with Crippen LogP contribution < -0.4 is 27.2 Å². The van der Waals surface area contributed by atoms with Gasteiger partial charge in [-0.25, -0.2) is 5.43 Å². The van der Waals surface area contributed by atoms with Crippen LogP contribution in [0.25, 0.3) is 0 Å². The zero-order valence-corrected chi connectivity index (χ0v) is 32.9. The standard InChI is InChI=1S/C38H73N5O11/c39-43-33(38(49)50)19-17-18-22-40-35(45)31-53-29-28-52-26-24-42-36(46)32-54-30-27-51-25-23-41-34(44)20-15-13-11-9-7-5-3-1-2-4-6-8-10-12-14-16-21-37(47)48/h33,43H,1-32,39H2,(H,40,45)(H,41,44)(H,42,46)(H,47,48)(H,49,50)/t33-/m0/s1. The van der Waals surface area contributed by atoms with E-state index in [4.69, 9.17) is 35.0 Å². The van der Waals surface area contributed by atoms with Crippen LogP contribution in [0.4, 0.5) is 0 Å². The summed E-state index contributed by atoms with van der Waals surface area (Å²) in [5.41, 5.74) is 2.23. The molecular formula is C38H73N5O11. The van der Waals surface area contributed by atoms with E-state index in [0.717, 1.165) is 32.1 Å². The number of nitrogens with two attached hydrogens (primary N) is 1. The van der Waals surface area contributed by atoms with Gasteiger partial charge in [-0.3, -0.25) is 29.8 Å². The third kappa shape index (κ3) is 38.8. The maximum Gasteiger partial charge on any atom is 0.322 e. The number of carboxylic acids is 2. The van der Waals surface area contributed by atoms with Crippen molar-refractivity contribution in [3.05, 3.63) is 0 Å². The molecule has 0 bridgehead atoms. The van der Waals surface area contributed by atoms with Gasteiger partial charge in [-0.2, -0.15) is 0 Å². The Balaban J connectivity index is 3.34. The third-order valence-corrected chi connectivity index (χ3v) is 8.63. The van der Waals surface area contributed by atoms with Gasteiger partial charge in [-0.1, -0.05) is 89.9 Å². The molecule has 0 saturated carbocycles. The number of unbranched alkanes of at least 4 members (excludes halogenated alkanes) is 16. The molecule has 0 aromatic rings. The second kappa shape index (κ2) is 39.8. The lowest BCUT2D eigenvalue weighted by molar-refractivity contribution is -0.140. The van der Waals surface area contributed by atoms with Gasteiger partial charge in [0.15, 0.2) is 0 Å². The van der Waals surface area contributed by atoms with Crippen molar-refractivity contribution < 1.29 is 53.1 Å². The molecule has 0 aromatic carbocycles. The average Bonchev–Trinajstić information content (AvgIpc) is 3.14. The van der Waals surface area contributed by atoms with E-state index in [1.807, 2.05) is 0 Å². The van der Waals surface area contributed by atoms with Crippen LogP contribution in [0.2, 0.25) is 0 Å². The van der Waals surface area contributed by atoms with Gasteiger partial charge in [0.1, 0.15) is 19.3 Å². The summed E-state index contributed by atoms with van der Waals surface area (Å²) < 4.78 is 21.4. The van der Waals surface area contributed by atoms with Crippen LogP contribution in [0.1, 0.15) is 135 Å². The highest BCUT2D eigenvalue weighted by Crippen LogP contribution is 2.14. The number of carboxylic acid groups (broad SMARTS) is 2. The van der Waals surface area contributed by atoms with Crippen molar-refractivity contribution in [3.63, 3.8) is 0 Å². The van der Waals surface area contributed by atoms with Gasteiger partial charge in [0, 0.05) is 32.5 Å². The molecule has 16 heteroatoms. The Bertz CT molecular complexity index is 945. The van der Waals surface area contributed by atoms with Gasteiger partial charge in [-0.15, -0.1) is 0 Å². The first-order chi connectivity index (χ1) is 26.3. The number of carbonyl (C=O) groups excluding carboxylic acids is 3. The molecular weight excluding hydrogens is 702 g/mol. The second-order valence-corrected chi connectivity index (χ2v) is 13.5. The molecule has 54 heavy (non-hydrogen) atoms. The van der Waals surface area contributed by atoms with Gasteiger partial charge in [0.25, 0.3) is 0 Å². The molecule has 16 nitrogen and oxygen atoms in total. The fourth-order valence-corrected chi connectivity index (χ4v) is 5.50. The lowest BCUT2D eigenvalue weighted by atomic mass is 10.0.